The second-order valence-electron chi connectivity index (χ2n) is 6.04. The molecule has 3 aromatic rings. The highest BCUT2D eigenvalue weighted by atomic mass is 16.5. The Labute approximate surface area is 152 Å². The molecule has 0 saturated heterocycles. The molecule has 0 radical (unpaired) electrons. The van der Waals surface area contributed by atoms with Crippen LogP contribution in [0.25, 0.3) is 0 Å². The summed E-state index contributed by atoms with van der Waals surface area (Å²) in [6.07, 6.45) is 1.63. The van der Waals surface area contributed by atoms with Gasteiger partial charge in [0.15, 0.2) is 0 Å². The van der Waals surface area contributed by atoms with Gasteiger partial charge >= 0.3 is 0 Å². The van der Waals surface area contributed by atoms with Gasteiger partial charge in [0.2, 0.25) is 0 Å². The molecule has 0 spiro atoms. The molecule has 1 amide bonds. The van der Waals surface area contributed by atoms with Crippen LogP contribution in [-0.4, -0.2) is 32.6 Å². The predicted octanol–water partition coefficient (Wildman–Crippen LogP) is 3.03. The zero-order valence-corrected chi connectivity index (χ0v) is 15.5. The highest BCUT2D eigenvalue weighted by molar-refractivity contribution is 6.03. The van der Waals surface area contributed by atoms with Crippen LogP contribution in [0.5, 0.6) is 5.75 Å². The third kappa shape index (κ3) is 3.46. The summed E-state index contributed by atoms with van der Waals surface area (Å²) < 4.78 is 8.83. The number of rotatable bonds is 6. The SMILES string of the molecule is CCn1nccc1C(=O)Nc1c(C)nn(Cc2cccc(OC)c2)c1C. The number of anilines is 1. The molecule has 7 heteroatoms. The Morgan fingerprint density at radius 2 is 2.04 bits per heavy atom. The zero-order chi connectivity index (χ0) is 18.7. The van der Waals surface area contributed by atoms with Crippen molar-refractivity contribution in [1.82, 2.24) is 19.6 Å². The van der Waals surface area contributed by atoms with Gasteiger partial charge in [-0.2, -0.15) is 10.2 Å². The van der Waals surface area contributed by atoms with Crippen molar-refractivity contribution in [2.45, 2.75) is 33.9 Å². The Balaban J connectivity index is 1.82. The first-order valence-corrected chi connectivity index (χ1v) is 8.53. The lowest BCUT2D eigenvalue weighted by Gasteiger charge is -2.09. The number of carbonyl (C=O) groups is 1. The number of carbonyl (C=O) groups excluding carboxylic acids is 1. The van der Waals surface area contributed by atoms with Gasteiger partial charge in [-0.3, -0.25) is 14.2 Å². The topological polar surface area (TPSA) is 74.0 Å². The zero-order valence-electron chi connectivity index (χ0n) is 15.5. The van der Waals surface area contributed by atoms with Crippen LogP contribution in [0.4, 0.5) is 5.69 Å². The van der Waals surface area contributed by atoms with E-state index in [0.717, 1.165) is 28.4 Å². The molecule has 26 heavy (non-hydrogen) atoms. The molecule has 0 aliphatic carbocycles. The molecule has 0 aliphatic heterocycles. The van der Waals surface area contributed by atoms with Crippen LogP contribution < -0.4 is 10.1 Å². The summed E-state index contributed by atoms with van der Waals surface area (Å²) in [5, 5.41) is 11.7. The number of methoxy groups -OCH3 is 1. The number of hydrogen-bond donors (Lipinski definition) is 1. The molecule has 0 saturated carbocycles. The van der Waals surface area contributed by atoms with Gasteiger partial charge in [-0.1, -0.05) is 12.1 Å². The van der Waals surface area contributed by atoms with Gasteiger partial charge in [0.1, 0.15) is 11.4 Å². The van der Waals surface area contributed by atoms with E-state index >= 15 is 0 Å². The number of aromatic nitrogens is 4. The molecule has 3 rings (SSSR count). The minimum atomic E-state index is -0.184. The molecule has 0 bridgehead atoms. The maximum absolute atomic E-state index is 12.6. The van der Waals surface area contributed by atoms with Crippen LogP contribution in [0.2, 0.25) is 0 Å². The van der Waals surface area contributed by atoms with E-state index < -0.39 is 0 Å². The Hall–Kier alpha value is -3.09. The summed E-state index contributed by atoms with van der Waals surface area (Å²) in [4.78, 5) is 12.6. The molecule has 0 fully saturated rings. The molecule has 1 aromatic carbocycles. The lowest BCUT2D eigenvalue weighted by atomic mass is 10.2. The number of benzene rings is 1. The van der Waals surface area contributed by atoms with Crippen LogP contribution in [0, 0.1) is 13.8 Å². The Kier molecular flexibility index (Phi) is 5.06. The van der Waals surface area contributed by atoms with Crippen molar-refractivity contribution < 1.29 is 9.53 Å². The molecular weight excluding hydrogens is 330 g/mol. The molecule has 2 aromatic heterocycles. The van der Waals surface area contributed by atoms with E-state index in [9.17, 15) is 4.79 Å². The lowest BCUT2D eigenvalue weighted by molar-refractivity contribution is 0.101. The van der Waals surface area contributed by atoms with Crippen LogP contribution in [0.3, 0.4) is 0 Å². The Bertz CT molecular complexity index is 926. The average Bonchev–Trinajstić information content (AvgIpc) is 3.22. The van der Waals surface area contributed by atoms with Crippen LogP contribution >= 0.6 is 0 Å². The average molecular weight is 353 g/mol. The fourth-order valence-electron chi connectivity index (χ4n) is 2.93. The van der Waals surface area contributed by atoms with E-state index in [2.05, 4.69) is 15.5 Å². The predicted molar refractivity (Wildman–Crippen MR) is 99.7 cm³/mol. The molecule has 1 N–H and O–H groups in total. The largest absolute Gasteiger partial charge is 0.497 e. The fourth-order valence-corrected chi connectivity index (χ4v) is 2.93. The van der Waals surface area contributed by atoms with Crippen molar-refractivity contribution in [2.24, 2.45) is 0 Å². The number of aryl methyl sites for hydroxylation is 2. The van der Waals surface area contributed by atoms with Crippen molar-refractivity contribution in [3.63, 3.8) is 0 Å². The maximum Gasteiger partial charge on any atom is 0.274 e. The summed E-state index contributed by atoms with van der Waals surface area (Å²) in [6, 6.07) is 9.58. The first-order valence-electron chi connectivity index (χ1n) is 8.53. The van der Waals surface area contributed by atoms with Gasteiger partial charge < -0.3 is 10.1 Å². The molecule has 7 nitrogen and oxygen atoms in total. The number of hydrogen-bond acceptors (Lipinski definition) is 4. The van der Waals surface area contributed by atoms with E-state index in [4.69, 9.17) is 4.74 Å². The van der Waals surface area contributed by atoms with Gasteiger partial charge in [0.05, 0.1) is 30.7 Å². The second kappa shape index (κ2) is 7.43. The summed E-state index contributed by atoms with van der Waals surface area (Å²) in [5.41, 5.74) is 4.04. The fraction of sp³-hybridized carbons (Fsp3) is 0.316. The van der Waals surface area contributed by atoms with E-state index in [1.807, 2.05) is 49.7 Å². The minimum Gasteiger partial charge on any atom is -0.497 e. The third-order valence-electron chi connectivity index (χ3n) is 4.34. The van der Waals surface area contributed by atoms with E-state index in [-0.39, 0.29) is 5.91 Å². The van der Waals surface area contributed by atoms with E-state index in [0.29, 0.717) is 18.8 Å². The van der Waals surface area contributed by atoms with E-state index in [1.165, 1.54) is 0 Å². The molecule has 0 atom stereocenters. The highest BCUT2D eigenvalue weighted by Gasteiger charge is 2.17. The van der Waals surface area contributed by atoms with Gasteiger partial charge in [0.25, 0.3) is 5.91 Å². The standard InChI is InChI=1S/C19H23N5O2/c1-5-23-17(9-10-20-23)19(25)21-18-13(2)22-24(14(18)3)12-15-7-6-8-16(11-15)26-4/h6-11H,5,12H2,1-4H3,(H,21,25). The maximum atomic E-state index is 12.6. The molecule has 0 unspecified atom stereocenters. The quantitative estimate of drug-likeness (QED) is 0.739. The molecule has 0 aliphatic rings. The number of amides is 1. The summed E-state index contributed by atoms with van der Waals surface area (Å²) in [7, 11) is 1.65. The van der Waals surface area contributed by atoms with Gasteiger partial charge in [-0.25, -0.2) is 0 Å². The molecule has 2 heterocycles. The molecular formula is C19H23N5O2. The van der Waals surface area contributed by atoms with Crippen molar-refractivity contribution in [3.05, 3.63) is 59.2 Å². The lowest BCUT2D eigenvalue weighted by Crippen LogP contribution is -2.18. The normalized spacial score (nSPS) is 10.8. The van der Waals surface area contributed by atoms with Gasteiger partial charge in [-0.05, 0) is 44.5 Å². The van der Waals surface area contributed by atoms with E-state index in [1.54, 1.807) is 24.1 Å². The van der Waals surface area contributed by atoms with Gasteiger partial charge in [0, 0.05) is 12.7 Å². The molecule has 136 valence electrons. The first-order chi connectivity index (χ1) is 12.5. The Morgan fingerprint density at radius 3 is 2.77 bits per heavy atom. The van der Waals surface area contributed by atoms with Crippen molar-refractivity contribution >= 4 is 11.6 Å². The number of nitrogens with zero attached hydrogens (tertiary/aromatic N) is 4. The summed E-state index contributed by atoms with van der Waals surface area (Å²) in [5.74, 6) is 0.627. The Morgan fingerprint density at radius 1 is 1.23 bits per heavy atom. The summed E-state index contributed by atoms with van der Waals surface area (Å²) in [6.45, 7) is 7.04. The first kappa shape index (κ1) is 17.7. The minimum absolute atomic E-state index is 0.184. The third-order valence-corrected chi connectivity index (χ3v) is 4.34. The summed E-state index contributed by atoms with van der Waals surface area (Å²) >= 11 is 0. The van der Waals surface area contributed by atoms with Crippen LogP contribution in [-0.2, 0) is 13.1 Å². The van der Waals surface area contributed by atoms with Crippen molar-refractivity contribution in [2.75, 3.05) is 12.4 Å². The smallest absolute Gasteiger partial charge is 0.274 e. The van der Waals surface area contributed by atoms with Gasteiger partial charge in [-0.15, -0.1) is 0 Å². The number of nitrogens with one attached hydrogen (secondary N) is 1. The van der Waals surface area contributed by atoms with Crippen molar-refractivity contribution in [3.8, 4) is 5.75 Å². The van der Waals surface area contributed by atoms with Crippen LogP contribution in [0.15, 0.2) is 36.5 Å². The van der Waals surface area contributed by atoms with Crippen LogP contribution in [0.1, 0.15) is 34.4 Å². The van der Waals surface area contributed by atoms with Crippen molar-refractivity contribution in [1.29, 1.82) is 0 Å². The number of ether oxygens (including phenoxy) is 1. The second-order valence-corrected chi connectivity index (χ2v) is 6.04. The monoisotopic (exact) mass is 353 g/mol. The highest BCUT2D eigenvalue weighted by Crippen LogP contribution is 2.22.